The van der Waals surface area contributed by atoms with Crippen LogP contribution < -0.4 is 0 Å². The Hall–Kier alpha value is -1.16. The van der Waals surface area contributed by atoms with Crippen molar-refractivity contribution < 1.29 is 4.79 Å². The number of ketones is 1. The average molecular weight is 353 g/mol. The van der Waals surface area contributed by atoms with Crippen molar-refractivity contribution in [3.05, 3.63) is 69.2 Å². The molecular weight excluding hydrogens is 338 g/mol. The summed E-state index contributed by atoms with van der Waals surface area (Å²) >= 11 is 9.35. The highest BCUT2D eigenvalue weighted by Crippen LogP contribution is 2.14. The van der Waals surface area contributed by atoms with E-state index in [-0.39, 0.29) is 5.78 Å². The molecule has 0 saturated heterocycles. The Labute approximate surface area is 132 Å². The molecule has 0 aliphatic carbocycles. The van der Waals surface area contributed by atoms with E-state index < -0.39 is 0 Å². The van der Waals surface area contributed by atoms with E-state index in [1.807, 2.05) is 30.1 Å². The molecule has 0 spiro atoms. The number of rotatable bonds is 5. The van der Waals surface area contributed by atoms with Crippen LogP contribution >= 0.6 is 27.5 Å². The molecule has 0 bridgehead atoms. The van der Waals surface area contributed by atoms with E-state index in [1.165, 1.54) is 5.56 Å². The molecule has 2 rings (SSSR count). The predicted octanol–water partition coefficient (Wildman–Crippen LogP) is 4.42. The second-order valence-electron chi connectivity index (χ2n) is 4.74. The van der Waals surface area contributed by atoms with Gasteiger partial charge in [-0.05, 0) is 36.9 Å². The van der Waals surface area contributed by atoms with Gasteiger partial charge in [0.25, 0.3) is 0 Å². The highest BCUT2D eigenvalue weighted by molar-refractivity contribution is 9.10. The zero-order valence-electron chi connectivity index (χ0n) is 11.1. The molecule has 2 nitrogen and oxygen atoms in total. The molecule has 0 N–H and O–H groups in total. The van der Waals surface area contributed by atoms with Crippen molar-refractivity contribution in [1.29, 1.82) is 0 Å². The minimum Gasteiger partial charge on any atom is -0.295 e. The van der Waals surface area contributed by atoms with Gasteiger partial charge in [0, 0.05) is 21.6 Å². The number of benzene rings is 2. The van der Waals surface area contributed by atoms with E-state index in [1.54, 1.807) is 24.3 Å². The van der Waals surface area contributed by atoms with Crippen LogP contribution in [0.15, 0.2) is 53.0 Å². The second kappa shape index (κ2) is 7.02. The second-order valence-corrected chi connectivity index (χ2v) is 6.09. The quantitative estimate of drug-likeness (QED) is 0.743. The molecule has 0 aromatic heterocycles. The van der Waals surface area contributed by atoms with Gasteiger partial charge in [-0.2, -0.15) is 0 Å². The molecule has 0 aliphatic rings. The number of Topliss-reactive ketones (excluding diaryl/α,β-unsaturated/α-hetero) is 1. The van der Waals surface area contributed by atoms with E-state index in [2.05, 4.69) is 22.0 Å². The Bertz CT molecular complexity index is 615. The van der Waals surface area contributed by atoms with Crippen LogP contribution in [0, 0.1) is 0 Å². The molecule has 0 radical (unpaired) electrons. The van der Waals surface area contributed by atoms with Crippen molar-refractivity contribution in [3.63, 3.8) is 0 Å². The lowest BCUT2D eigenvalue weighted by Crippen LogP contribution is -2.25. The highest BCUT2D eigenvalue weighted by atomic mass is 79.9. The number of carbonyl (C=O) groups is 1. The van der Waals surface area contributed by atoms with E-state index in [0.29, 0.717) is 17.1 Å². The fraction of sp³-hybridized carbons (Fsp3) is 0.188. The maximum atomic E-state index is 12.2. The van der Waals surface area contributed by atoms with Crippen LogP contribution in [0.25, 0.3) is 0 Å². The Morgan fingerprint density at radius 3 is 2.65 bits per heavy atom. The van der Waals surface area contributed by atoms with Gasteiger partial charge in [-0.15, -0.1) is 0 Å². The summed E-state index contributed by atoms with van der Waals surface area (Å²) in [6, 6.07) is 15.1. The fourth-order valence-electron chi connectivity index (χ4n) is 2.00. The lowest BCUT2D eigenvalue weighted by atomic mass is 10.1. The number of hydrogen-bond donors (Lipinski definition) is 0. The lowest BCUT2D eigenvalue weighted by Gasteiger charge is -2.16. The normalized spacial score (nSPS) is 10.8. The molecule has 4 heteroatoms. The fourth-order valence-corrected chi connectivity index (χ4v) is 2.64. The summed E-state index contributed by atoms with van der Waals surface area (Å²) in [6.07, 6.45) is 0. The monoisotopic (exact) mass is 351 g/mol. The van der Waals surface area contributed by atoms with Gasteiger partial charge < -0.3 is 0 Å². The van der Waals surface area contributed by atoms with Crippen LogP contribution in [0.5, 0.6) is 0 Å². The summed E-state index contributed by atoms with van der Waals surface area (Å²) in [4.78, 5) is 14.1. The van der Waals surface area contributed by atoms with Gasteiger partial charge in [0.05, 0.1) is 6.54 Å². The Balaban J connectivity index is 1.97. The van der Waals surface area contributed by atoms with E-state index in [4.69, 9.17) is 11.6 Å². The maximum Gasteiger partial charge on any atom is 0.176 e. The highest BCUT2D eigenvalue weighted by Gasteiger charge is 2.10. The first-order valence-electron chi connectivity index (χ1n) is 6.26. The topological polar surface area (TPSA) is 20.3 Å². The first kappa shape index (κ1) is 15.2. The minimum absolute atomic E-state index is 0.0741. The van der Waals surface area contributed by atoms with Gasteiger partial charge in [-0.3, -0.25) is 9.69 Å². The average Bonchev–Trinajstić information content (AvgIpc) is 2.38. The summed E-state index contributed by atoms with van der Waals surface area (Å²) in [6.45, 7) is 1.10. The third-order valence-electron chi connectivity index (χ3n) is 2.90. The Morgan fingerprint density at radius 1 is 1.20 bits per heavy atom. The summed E-state index contributed by atoms with van der Waals surface area (Å²) in [5.41, 5.74) is 1.82. The zero-order valence-corrected chi connectivity index (χ0v) is 13.5. The number of nitrogens with zero attached hydrogens (tertiary/aromatic N) is 1. The van der Waals surface area contributed by atoms with E-state index in [0.717, 1.165) is 11.0 Å². The van der Waals surface area contributed by atoms with Crippen molar-refractivity contribution >= 4 is 33.3 Å². The van der Waals surface area contributed by atoms with E-state index >= 15 is 0 Å². The van der Waals surface area contributed by atoms with Crippen LogP contribution in [-0.4, -0.2) is 24.3 Å². The molecular formula is C16H15BrClNO. The van der Waals surface area contributed by atoms with Crippen LogP contribution in [0.1, 0.15) is 15.9 Å². The smallest absolute Gasteiger partial charge is 0.176 e. The molecule has 104 valence electrons. The minimum atomic E-state index is 0.0741. The van der Waals surface area contributed by atoms with Crippen molar-refractivity contribution in [2.24, 2.45) is 0 Å². The summed E-state index contributed by atoms with van der Waals surface area (Å²) < 4.78 is 1.05. The predicted molar refractivity (Wildman–Crippen MR) is 86.3 cm³/mol. The van der Waals surface area contributed by atoms with Gasteiger partial charge in [0.15, 0.2) is 5.78 Å². The van der Waals surface area contributed by atoms with Gasteiger partial charge in [0.2, 0.25) is 0 Å². The van der Waals surface area contributed by atoms with Crippen LogP contribution in [0.4, 0.5) is 0 Å². The van der Waals surface area contributed by atoms with Crippen LogP contribution in [-0.2, 0) is 6.54 Å². The summed E-state index contributed by atoms with van der Waals surface area (Å²) in [5, 5.41) is 0.588. The molecule has 0 amide bonds. The van der Waals surface area contributed by atoms with Crippen molar-refractivity contribution in [3.8, 4) is 0 Å². The molecule has 0 heterocycles. The van der Waals surface area contributed by atoms with Crippen molar-refractivity contribution in [2.45, 2.75) is 6.54 Å². The Morgan fingerprint density at radius 2 is 1.95 bits per heavy atom. The van der Waals surface area contributed by atoms with Crippen LogP contribution in [0.3, 0.4) is 0 Å². The summed E-state index contributed by atoms with van der Waals surface area (Å²) in [7, 11) is 1.93. The number of halogens is 2. The standard InChI is InChI=1S/C16H15BrClNO/c1-19(10-12-4-2-6-14(17)8-12)11-16(20)13-5-3-7-15(18)9-13/h2-9H,10-11H2,1H3. The lowest BCUT2D eigenvalue weighted by molar-refractivity contribution is 0.0943. The molecule has 20 heavy (non-hydrogen) atoms. The van der Waals surface area contributed by atoms with Gasteiger partial charge in [0.1, 0.15) is 0 Å². The molecule has 2 aromatic carbocycles. The Kier molecular flexibility index (Phi) is 5.35. The molecule has 0 aliphatic heterocycles. The number of hydrogen-bond acceptors (Lipinski definition) is 2. The number of carbonyl (C=O) groups excluding carboxylic acids is 1. The van der Waals surface area contributed by atoms with Crippen molar-refractivity contribution in [2.75, 3.05) is 13.6 Å². The van der Waals surface area contributed by atoms with E-state index in [9.17, 15) is 4.79 Å². The largest absolute Gasteiger partial charge is 0.295 e. The SMILES string of the molecule is CN(CC(=O)c1cccc(Cl)c1)Cc1cccc(Br)c1. The third-order valence-corrected chi connectivity index (χ3v) is 3.63. The summed E-state index contributed by atoms with van der Waals surface area (Å²) in [5.74, 6) is 0.0741. The first-order chi connectivity index (χ1) is 9.54. The van der Waals surface area contributed by atoms with Gasteiger partial charge in [-0.1, -0.05) is 51.8 Å². The third kappa shape index (κ3) is 4.44. The number of likely N-dealkylation sites (N-methyl/N-ethyl adjacent to an activating group) is 1. The maximum absolute atomic E-state index is 12.2. The van der Waals surface area contributed by atoms with Crippen molar-refractivity contribution in [1.82, 2.24) is 4.90 Å². The molecule has 0 atom stereocenters. The zero-order chi connectivity index (χ0) is 14.5. The van der Waals surface area contributed by atoms with Crippen LogP contribution in [0.2, 0.25) is 5.02 Å². The molecule has 0 fully saturated rings. The van der Waals surface area contributed by atoms with Gasteiger partial charge in [-0.25, -0.2) is 0 Å². The molecule has 0 saturated carbocycles. The molecule has 2 aromatic rings. The molecule has 0 unspecified atom stereocenters. The van der Waals surface area contributed by atoms with Gasteiger partial charge >= 0.3 is 0 Å². The first-order valence-corrected chi connectivity index (χ1v) is 7.43.